The van der Waals surface area contributed by atoms with Crippen LogP contribution < -0.4 is 10.2 Å². The molecule has 4 aromatic carbocycles. The smallest absolute Gasteiger partial charge is 0.268 e. The minimum Gasteiger partial charge on any atom is -0.489 e. The highest BCUT2D eigenvalue weighted by Gasteiger charge is 2.10. The van der Waals surface area contributed by atoms with Gasteiger partial charge in [-0.25, -0.2) is 5.43 Å². The molecule has 156 valence electrons. The largest absolute Gasteiger partial charge is 0.489 e. The minimum atomic E-state index is 0.431. The summed E-state index contributed by atoms with van der Waals surface area (Å²) in [5, 5.41) is 18.4. The van der Waals surface area contributed by atoms with E-state index in [1.807, 2.05) is 84.9 Å². The van der Waals surface area contributed by atoms with Gasteiger partial charge in [0, 0.05) is 5.39 Å². The summed E-state index contributed by atoms with van der Waals surface area (Å²) in [6.07, 6.45) is 1.71. The molecule has 1 aromatic heterocycles. The molecule has 0 aliphatic carbocycles. The van der Waals surface area contributed by atoms with E-state index >= 15 is 0 Å². The van der Waals surface area contributed by atoms with Crippen molar-refractivity contribution in [3.8, 4) is 11.4 Å². The lowest BCUT2D eigenvalue weighted by molar-refractivity contribution is 0.306. The molecule has 0 spiro atoms. The van der Waals surface area contributed by atoms with Gasteiger partial charge in [0.05, 0.1) is 11.9 Å². The van der Waals surface area contributed by atoms with E-state index in [-0.39, 0.29) is 0 Å². The van der Waals surface area contributed by atoms with Crippen molar-refractivity contribution in [3.05, 3.63) is 108 Å². The molecule has 5 aromatic rings. The number of anilines is 1. The molecular weight excluding hydrogens is 400 g/mol. The molecule has 0 aliphatic rings. The van der Waals surface area contributed by atoms with Crippen LogP contribution in [-0.2, 0) is 6.61 Å². The average Bonchev–Trinajstić information content (AvgIpc) is 3.32. The maximum Gasteiger partial charge on any atom is 0.268 e. The van der Waals surface area contributed by atoms with Gasteiger partial charge in [0.1, 0.15) is 12.4 Å². The number of hydrogen-bond donors (Lipinski definition) is 1. The molecule has 0 bridgehead atoms. The van der Waals surface area contributed by atoms with Gasteiger partial charge in [0.2, 0.25) is 0 Å². The Bertz CT molecular complexity index is 1340. The van der Waals surface area contributed by atoms with Crippen molar-refractivity contribution in [2.75, 3.05) is 5.43 Å². The van der Waals surface area contributed by atoms with Crippen LogP contribution in [0.5, 0.6) is 5.75 Å². The zero-order chi connectivity index (χ0) is 21.6. The zero-order valence-corrected chi connectivity index (χ0v) is 17.2. The molecule has 0 saturated heterocycles. The van der Waals surface area contributed by atoms with Crippen LogP contribution in [0.1, 0.15) is 11.1 Å². The summed E-state index contributed by atoms with van der Waals surface area (Å²) in [5.41, 5.74) is 5.87. The Morgan fingerprint density at radius 2 is 1.62 bits per heavy atom. The summed E-state index contributed by atoms with van der Waals surface area (Å²) < 4.78 is 7.46. The van der Waals surface area contributed by atoms with Gasteiger partial charge in [-0.05, 0) is 57.3 Å². The third-order valence-electron chi connectivity index (χ3n) is 4.97. The van der Waals surface area contributed by atoms with E-state index in [4.69, 9.17) is 4.74 Å². The summed E-state index contributed by atoms with van der Waals surface area (Å²) in [7, 11) is 0. The molecule has 1 heterocycles. The summed E-state index contributed by atoms with van der Waals surface area (Å²) in [6.45, 7) is 0.534. The SMILES string of the molecule is C(=N\Nc1nnnn1-c1cccc2ccccc12)/c1ccc(OCc2ccccc2)cc1. The first-order valence-corrected chi connectivity index (χ1v) is 10.2. The van der Waals surface area contributed by atoms with Gasteiger partial charge >= 0.3 is 0 Å². The number of benzene rings is 4. The van der Waals surface area contributed by atoms with Crippen molar-refractivity contribution in [2.24, 2.45) is 5.10 Å². The Morgan fingerprint density at radius 3 is 2.50 bits per heavy atom. The molecule has 7 heteroatoms. The zero-order valence-electron chi connectivity index (χ0n) is 17.2. The fourth-order valence-corrected chi connectivity index (χ4v) is 3.37. The summed E-state index contributed by atoms with van der Waals surface area (Å²) in [6, 6.07) is 31.9. The lowest BCUT2D eigenvalue weighted by Gasteiger charge is -2.07. The maximum atomic E-state index is 5.82. The fourth-order valence-electron chi connectivity index (χ4n) is 3.37. The Labute approximate surface area is 185 Å². The second-order valence-corrected chi connectivity index (χ2v) is 7.13. The third kappa shape index (κ3) is 4.32. The van der Waals surface area contributed by atoms with E-state index in [0.29, 0.717) is 12.6 Å². The first-order chi connectivity index (χ1) is 15.9. The van der Waals surface area contributed by atoms with Crippen LogP contribution >= 0.6 is 0 Å². The van der Waals surface area contributed by atoms with E-state index in [9.17, 15) is 0 Å². The predicted molar refractivity (Wildman–Crippen MR) is 125 cm³/mol. The monoisotopic (exact) mass is 420 g/mol. The topological polar surface area (TPSA) is 77.2 Å². The van der Waals surface area contributed by atoms with Crippen LogP contribution in [0.2, 0.25) is 0 Å². The molecule has 0 aliphatic heterocycles. The molecule has 5 rings (SSSR count). The number of fused-ring (bicyclic) bond motifs is 1. The number of nitrogens with zero attached hydrogens (tertiary/aromatic N) is 5. The molecule has 0 fully saturated rings. The van der Waals surface area contributed by atoms with Crippen LogP contribution in [0.4, 0.5) is 5.95 Å². The van der Waals surface area contributed by atoms with Gasteiger partial charge in [-0.15, -0.1) is 0 Å². The quantitative estimate of drug-likeness (QED) is 0.301. The number of hydrazone groups is 1. The molecular formula is C25H20N6O. The molecule has 0 atom stereocenters. The van der Waals surface area contributed by atoms with Crippen molar-refractivity contribution in [1.29, 1.82) is 0 Å². The Hall–Kier alpha value is -4.52. The first-order valence-electron chi connectivity index (χ1n) is 10.2. The van der Waals surface area contributed by atoms with Crippen LogP contribution in [0.3, 0.4) is 0 Å². The normalized spacial score (nSPS) is 11.1. The van der Waals surface area contributed by atoms with Crippen molar-refractivity contribution in [2.45, 2.75) is 6.61 Å². The van der Waals surface area contributed by atoms with Gasteiger partial charge in [-0.2, -0.15) is 9.78 Å². The van der Waals surface area contributed by atoms with Crippen LogP contribution in [0.25, 0.3) is 16.5 Å². The lowest BCUT2D eigenvalue weighted by atomic mass is 10.1. The molecule has 7 nitrogen and oxygen atoms in total. The Kier molecular flexibility index (Phi) is 5.53. The van der Waals surface area contributed by atoms with Crippen molar-refractivity contribution >= 4 is 22.9 Å². The fraction of sp³-hybridized carbons (Fsp3) is 0.0400. The number of nitrogens with one attached hydrogen (secondary N) is 1. The number of tetrazole rings is 1. The second-order valence-electron chi connectivity index (χ2n) is 7.13. The van der Waals surface area contributed by atoms with Crippen LogP contribution in [0, 0.1) is 0 Å². The minimum absolute atomic E-state index is 0.431. The molecule has 0 amide bonds. The van der Waals surface area contributed by atoms with Crippen molar-refractivity contribution in [1.82, 2.24) is 20.2 Å². The number of aromatic nitrogens is 4. The highest BCUT2D eigenvalue weighted by Crippen LogP contribution is 2.23. The van der Waals surface area contributed by atoms with E-state index in [2.05, 4.69) is 38.2 Å². The highest BCUT2D eigenvalue weighted by atomic mass is 16.5. The third-order valence-corrected chi connectivity index (χ3v) is 4.97. The molecule has 0 radical (unpaired) electrons. The summed E-state index contributed by atoms with van der Waals surface area (Å²) in [5.74, 6) is 1.24. The Balaban J connectivity index is 1.26. The number of hydrogen-bond acceptors (Lipinski definition) is 6. The van der Waals surface area contributed by atoms with Crippen LogP contribution in [-0.4, -0.2) is 26.4 Å². The summed E-state index contributed by atoms with van der Waals surface area (Å²) >= 11 is 0. The Morgan fingerprint density at radius 1 is 0.844 bits per heavy atom. The van der Waals surface area contributed by atoms with Gasteiger partial charge in [-0.1, -0.05) is 71.8 Å². The van der Waals surface area contributed by atoms with E-state index in [1.54, 1.807) is 10.9 Å². The maximum absolute atomic E-state index is 5.82. The predicted octanol–water partition coefficient (Wildman–Crippen LogP) is 4.84. The van der Waals surface area contributed by atoms with Crippen molar-refractivity contribution < 1.29 is 4.74 Å². The van der Waals surface area contributed by atoms with Gasteiger partial charge in [0.15, 0.2) is 0 Å². The van der Waals surface area contributed by atoms with Crippen molar-refractivity contribution in [3.63, 3.8) is 0 Å². The standard InChI is InChI=1S/C25H20N6O/c1-2-7-20(8-3-1)18-32-22-15-13-19(14-16-22)17-26-27-25-28-29-30-31(25)24-12-6-10-21-9-4-5-11-23(21)24/h1-17H,18H2,(H,27,28,30)/b26-17+. The van der Waals surface area contributed by atoms with Gasteiger partial charge in [0.25, 0.3) is 5.95 Å². The first kappa shape index (κ1) is 19.4. The second kappa shape index (κ2) is 9.09. The molecule has 1 N–H and O–H groups in total. The van der Waals surface area contributed by atoms with E-state index in [1.165, 1.54) is 0 Å². The van der Waals surface area contributed by atoms with E-state index < -0.39 is 0 Å². The molecule has 32 heavy (non-hydrogen) atoms. The number of ether oxygens (including phenoxy) is 1. The van der Waals surface area contributed by atoms with Gasteiger partial charge in [-0.3, -0.25) is 0 Å². The number of rotatable bonds is 7. The lowest BCUT2D eigenvalue weighted by Crippen LogP contribution is -2.04. The molecule has 0 unspecified atom stereocenters. The molecule has 0 saturated carbocycles. The highest BCUT2D eigenvalue weighted by molar-refractivity contribution is 5.90. The van der Waals surface area contributed by atoms with Crippen LogP contribution in [0.15, 0.2) is 102 Å². The van der Waals surface area contributed by atoms with E-state index in [0.717, 1.165) is 33.3 Å². The average molecular weight is 420 g/mol. The summed E-state index contributed by atoms with van der Waals surface area (Å²) in [4.78, 5) is 0. The van der Waals surface area contributed by atoms with Gasteiger partial charge < -0.3 is 4.74 Å².